The number of nitrogens with one attached hydrogen (secondary N) is 2. The van der Waals surface area contributed by atoms with Gasteiger partial charge in [-0.15, -0.1) is 0 Å². The highest BCUT2D eigenvalue weighted by atomic mass is 35.5. The van der Waals surface area contributed by atoms with E-state index in [0.29, 0.717) is 39.0 Å². The molecule has 0 aliphatic carbocycles. The number of benzene rings is 4. The first-order valence-electron chi connectivity index (χ1n) is 12.9. The average Bonchev–Trinajstić information content (AvgIpc) is 3.08. The molecule has 1 unspecified atom stereocenters. The lowest BCUT2D eigenvalue weighted by Crippen LogP contribution is -2.50. The third-order valence-corrected chi connectivity index (χ3v) is 6.98. The fraction of sp³-hybridized carbons (Fsp3) is 0.125. The molecule has 1 heterocycles. The minimum Gasteiger partial charge on any atom is -0.495 e. The molecule has 9 heteroatoms. The first-order valence-corrected chi connectivity index (χ1v) is 13.3. The molecule has 1 aliphatic rings. The number of aliphatic imine (C=N–C) groups is 1. The molecule has 1 atom stereocenters. The van der Waals surface area contributed by atoms with Crippen LogP contribution in [0, 0.1) is 6.92 Å². The van der Waals surface area contributed by atoms with Crippen molar-refractivity contribution in [3.63, 3.8) is 0 Å². The summed E-state index contributed by atoms with van der Waals surface area (Å²) in [6, 6.07) is 28.0. The van der Waals surface area contributed by atoms with Crippen molar-refractivity contribution in [2.24, 2.45) is 4.99 Å². The molecule has 0 bridgehead atoms. The topological polar surface area (TPSA) is 100 Å². The number of hydrogen-bond acceptors (Lipinski definition) is 5. The molecule has 8 nitrogen and oxygen atoms in total. The number of urea groups is 1. The minimum absolute atomic E-state index is 0.230. The highest BCUT2D eigenvalue weighted by Gasteiger charge is 2.34. The van der Waals surface area contributed by atoms with Crippen LogP contribution in [0.25, 0.3) is 0 Å². The van der Waals surface area contributed by atoms with Gasteiger partial charge in [0.2, 0.25) is 6.17 Å². The number of rotatable bonds is 7. The first kappa shape index (κ1) is 27.6. The van der Waals surface area contributed by atoms with Gasteiger partial charge in [0, 0.05) is 22.4 Å². The SMILES string of the molecule is COc1ccc(NC(=O)NC2N=C(c3ccccc3)c3ccccc3N(CC(=O)c3ccccc3C)C2=O)cc1Cl. The van der Waals surface area contributed by atoms with E-state index in [9.17, 15) is 14.4 Å². The molecule has 0 fully saturated rings. The summed E-state index contributed by atoms with van der Waals surface area (Å²) in [6.07, 6.45) is -1.32. The van der Waals surface area contributed by atoms with E-state index in [1.165, 1.54) is 18.1 Å². The Bertz CT molecular complexity index is 1650. The summed E-state index contributed by atoms with van der Waals surface area (Å²) in [6.45, 7) is 1.62. The molecular weight excluding hydrogens is 540 g/mol. The van der Waals surface area contributed by atoms with E-state index >= 15 is 0 Å². The molecule has 5 rings (SSSR count). The zero-order chi connectivity index (χ0) is 28.9. The lowest BCUT2D eigenvalue weighted by molar-refractivity contribution is -0.120. The van der Waals surface area contributed by atoms with E-state index in [1.54, 1.807) is 36.4 Å². The molecule has 0 aromatic heterocycles. The van der Waals surface area contributed by atoms with E-state index in [0.717, 1.165) is 11.1 Å². The molecule has 1 aliphatic heterocycles. The quantitative estimate of drug-likeness (QED) is 0.273. The predicted molar refractivity (Wildman–Crippen MR) is 160 cm³/mol. The number of carbonyl (C=O) groups is 3. The van der Waals surface area contributed by atoms with Gasteiger partial charge in [0.15, 0.2) is 5.78 Å². The third-order valence-electron chi connectivity index (χ3n) is 6.68. The van der Waals surface area contributed by atoms with Crippen LogP contribution >= 0.6 is 11.6 Å². The number of nitrogens with zero attached hydrogens (tertiary/aromatic N) is 2. The van der Waals surface area contributed by atoms with Crippen LogP contribution in [0.1, 0.15) is 27.0 Å². The van der Waals surface area contributed by atoms with E-state index in [1.807, 2.05) is 61.5 Å². The normalized spacial score (nSPS) is 14.4. The van der Waals surface area contributed by atoms with Crippen LogP contribution in [-0.4, -0.2) is 43.3 Å². The number of ether oxygens (including phenoxy) is 1. The number of methoxy groups -OCH3 is 1. The van der Waals surface area contributed by atoms with Crippen LogP contribution in [-0.2, 0) is 4.79 Å². The van der Waals surface area contributed by atoms with E-state index in [2.05, 4.69) is 10.6 Å². The first-order chi connectivity index (χ1) is 19.9. The summed E-state index contributed by atoms with van der Waals surface area (Å²) in [4.78, 5) is 46.7. The Morgan fingerprint density at radius 3 is 2.39 bits per heavy atom. The monoisotopic (exact) mass is 566 g/mol. The van der Waals surface area contributed by atoms with Crippen LogP contribution in [0.2, 0.25) is 5.02 Å². The average molecular weight is 567 g/mol. The molecule has 0 saturated carbocycles. The van der Waals surface area contributed by atoms with Crippen molar-refractivity contribution >= 4 is 46.4 Å². The van der Waals surface area contributed by atoms with Gasteiger partial charge in [0.05, 0.1) is 30.1 Å². The molecule has 41 heavy (non-hydrogen) atoms. The van der Waals surface area contributed by atoms with Gasteiger partial charge in [0.25, 0.3) is 5.91 Å². The Hall–Kier alpha value is -4.95. The molecule has 0 radical (unpaired) electrons. The zero-order valence-electron chi connectivity index (χ0n) is 22.4. The smallest absolute Gasteiger partial charge is 0.321 e. The number of carbonyl (C=O) groups excluding carboxylic acids is 3. The lowest BCUT2D eigenvalue weighted by Gasteiger charge is -2.25. The number of hydrogen-bond donors (Lipinski definition) is 2. The Balaban J connectivity index is 1.52. The number of anilines is 2. The molecule has 3 amide bonds. The Morgan fingerprint density at radius 2 is 1.66 bits per heavy atom. The maximum atomic E-state index is 14.0. The highest BCUT2D eigenvalue weighted by Crippen LogP contribution is 2.30. The largest absolute Gasteiger partial charge is 0.495 e. The van der Waals surface area contributed by atoms with Crippen LogP contribution in [0.15, 0.2) is 102 Å². The molecule has 4 aromatic rings. The number of benzodiazepines with no additional fused rings is 1. The number of fused-ring (bicyclic) bond motifs is 1. The zero-order valence-corrected chi connectivity index (χ0v) is 23.2. The third kappa shape index (κ3) is 5.97. The van der Waals surface area contributed by atoms with Crippen LogP contribution in [0.3, 0.4) is 0 Å². The fourth-order valence-corrected chi connectivity index (χ4v) is 4.92. The number of Topliss-reactive ketones (excluding diaryl/α,β-unsaturated/α-hetero) is 1. The molecule has 2 N–H and O–H groups in total. The summed E-state index contributed by atoms with van der Waals surface area (Å²) in [5.74, 6) is -0.320. The highest BCUT2D eigenvalue weighted by molar-refractivity contribution is 6.32. The van der Waals surface area contributed by atoms with Crippen LogP contribution in [0.4, 0.5) is 16.2 Å². The Labute approximate surface area is 242 Å². The van der Waals surface area contributed by atoms with E-state index in [-0.39, 0.29) is 12.3 Å². The van der Waals surface area contributed by atoms with Gasteiger partial charge in [-0.2, -0.15) is 0 Å². The van der Waals surface area contributed by atoms with E-state index in [4.69, 9.17) is 21.3 Å². The number of halogens is 1. The second-order valence-corrected chi connectivity index (χ2v) is 9.78. The molecule has 0 spiro atoms. The van der Waals surface area contributed by atoms with Gasteiger partial charge in [-0.25, -0.2) is 9.79 Å². The van der Waals surface area contributed by atoms with Crippen molar-refractivity contribution in [1.82, 2.24) is 5.32 Å². The van der Waals surface area contributed by atoms with Crippen molar-refractivity contribution in [1.29, 1.82) is 0 Å². The van der Waals surface area contributed by atoms with Crippen molar-refractivity contribution in [2.45, 2.75) is 13.1 Å². The van der Waals surface area contributed by atoms with Crippen LogP contribution < -0.4 is 20.3 Å². The molecule has 4 aromatic carbocycles. The van der Waals surface area contributed by atoms with Gasteiger partial charge >= 0.3 is 6.03 Å². The number of aryl methyl sites for hydroxylation is 1. The van der Waals surface area contributed by atoms with Gasteiger partial charge in [-0.1, -0.05) is 84.4 Å². The van der Waals surface area contributed by atoms with Gasteiger partial charge in [-0.3, -0.25) is 9.59 Å². The van der Waals surface area contributed by atoms with Crippen molar-refractivity contribution < 1.29 is 19.1 Å². The fourth-order valence-electron chi connectivity index (χ4n) is 4.66. The van der Waals surface area contributed by atoms with E-state index < -0.39 is 18.1 Å². The van der Waals surface area contributed by atoms with Gasteiger partial charge < -0.3 is 20.3 Å². The van der Waals surface area contributed by atoms with Crippen molar-refractivity contribution in [3.05, 3.63) is 124 Å². The Morgan fingerprint density at radius 1 is 0.951 bits per heavy atom. The molecule has 206 valence electrons. The maximum absolute atomic E-state index is 14.0. The Kier molecular flexibility index (Phi) is 8.12. The maximum Gasteiger partial charge on any atom is 0.321 e. The second kappa shape index (κ2) is 12.1. The number of amides is 3. The number of ketones is 1. The van der Waals surface area contributed by atoms with Crippen molar-refractivity contribution in [3.8, 4) is 5.75 Å². The summed E-state index contributed by atoms with van der Waals surface area (Å²) in [5.41, 5.74) is 4.18. The minimum atomic E-state index is -1.32. The second-order valence-electron chi connectivity index (χ2n) is 9.37. The standard InChI is InChI=1S/C32H27ClN4O4/c1-20-10-6-7-13-23(20)27(38)19-37-26-15-9-8-14-24(26)29(21-11-4-3-5-12-21)35-30(31(37)39)36-32(40)34-22-16-17-28(41-2)25(33)18-22/h3-18,30H,19H2,1-2H3,(H2,34,36,40). The summed E-state index contributed by atoms with van der Waals surface area (Å²) in [5, 5.41) is 5.69. The van der Waals surface area contributed by atoms with Gasteiger partial charge in [-0.05, 0) is 36.8 Å². The van der Waals surface area contributed by atoms with Crippen molar-refractivity contribution in [2.75, 3.05) is 23.9 Å². The summed E-state index contributed by atoms with van der Waals surface area (Å²) >= 11 is 6.21. The predicted octanol–water partition coefficient (Wildman–Crippen LogP) is 5.87. The summed E-state index contributed by atoms with van der Waals surface area (Å²) < 4.78 is 5.17. The summed E-state index contributed by atoms with van der Waals surface area (Å²) in [7, 11) is 1.49. The van der Waals surface area contributed by atoms with Crippen LogP contribution in [0.5, 0.6) is 5.75 Å². The number of para-hydroxylation sites is 1. The van der Waals surface area contributed by atoms with Gasteiger partial charge in [0.1, 0.15) is 5.75 Å². The lowest BCUT2D eigenvalue weighted by atomic mass is 9.99. The molecular formula is C32H27ClN4O4. The molecule has 0 saturated heterocycles.